The number of fused-ring (bicyclic) bond motifs is 7. The maximum absolute atomic E-state index is 12.9. The van der Waals surface area contributed by atoms with E-state index >= 15 is 0 Å². The van der Waals surface area contributed by atoms with E-state index in [9.17, 15) is 61.3 Å². The summed E-state index contributed by atoms with van der Waals surface area (Å²) in [5, 5.41) is 132. The van der Waals surface area contributed by atoms with Crippen LogP contribution in [0.25, 0.3) is 0 Å². The Kier molecular flexibility index (Phi) is 12.9. The Labute approximate surface area is 372 Å². The van der Waals surface area contributed by atoms with Crippen LogP contribution < -0.4 is 0 Å². The Morgan fingerprint density at radius 1 is 0.688 bits per heavy atom. The Balaban J connectivity index is 1.05. The van der Waals surface area contributed by atoms with Crippen molar-refractivity contribution in [3.05, 3.63) is 11.6 Å². The molecule has 0 amide bonds. The van der Waals surface area contributed by atoms with Crippen molar-refractivity contribution in [2.75, 3.05) is 26.4 Å². The summed E-state index contributed by atoms with van der Waals surface area (Å²) in [7, 11) is 0. The third-order valence-corrected chi connectivity index (χ3v) is 18.4. The molecule has 4 aliphatic carbocycles. The lowest BCUT2D eigenvalue weighted by atomic mass is 9.45. The molecule has 64 heavy (non-hydrogen) atoms. The number of hydrogen-bond acceptors (Lipinski definition) is 19. The second kappa shape index (κ2) is 17.1. The van der Waals surface area contributed by atoms with Gasteiger partial charge in [0.25, 0.3) is 0 Å². The lowest BCUT2D eigenvalue weighted by Gasteiger charge is -2.61. The van der Waals surface area contributed by atoms with Gasteiger partial charge in [0.1, 0.15) is 78.8 Å². The summed E-state index contributed by atoms with van der Waals surface area (Å²) in [5.41, 5.74) is -0.800. The SMILES string of the molecule is C[C@@H]1CCC2(OC1)O[C@H]1CC3C4CC=C5CC([C@@]6(O[C@@H]7O[C@H](CO)[C@@H](O)[C@H](O)[C@H]7O)O[C@H](CO)[C@H](O)[C@H](O)[C@H]6O[C@@H]6O[C@H](CO)[C@@H](O)[C@H](O)[C@H]6O)CC[C@]5(C)C4CC[C@]3(C)C1(O)[C@@H]2C. The highest BCUT2D eigenvalue weighted by Crippen LogP contribution is 2.72. The van der Waals surface area contributed by atoms with Crippen molar-refractivity contribution in [1.29, 1.82) is 0 Å². The first kappa shape index (κ1) is 48.0. The number of aliphatic hydroxyl groups is 12. The molecule has 0 aromatic carbocycles. The number of allylic oxidation sites excluding steroid dienone is 2. The Morgan fingerprint density at radius 3 is 1.94 bits per heavy atom. The van der Waals surface area contributed by atoms with E-state index < -0.39 is 134 Å². The largest absolute Gasteiger partial charge is 0.394 e. The molecule has 8 fully saturated rings. The molecule has 6 unspecified atom stereocenters. The van der Waals surface area contributed by atoms with Crippen LogP contribution in [0.4, 0.5) is 0 Å². The van der Waals surface area contributed by atoms with Gasteiger partial charge in [-0.3, -0.25) is 0 Å². The number of ether oxygens (including phenoxy) is 7. The molecule has 19 heteroatoms. The van der Waals surface area contributed by atoms with Gasteiger partial charge < -0.3 is 94.4 Å². The molecule has 26 atom stereocenters. The highest BCUT2D eigenvalue weighted by atomic mass is 16.8. The highest BCUT2D eigenvalue weighted by Gasteiger charge is 2.76. The van der Waals surface area contributed by atoms with Gasteiger partial charge >= 0.3 is 0 Å². The second-order valence-corrected chi connectivity index (χ2v) is 21.4. The predicted octanol–water partition coefficient (Wildman–Crippen LogP) is -2.11. The molecule has 19 nitrogen and oxygen atoms in total. The summed E-state index contributed by atoms with van der Waals surface area (Å²) in [4.78, 5) is 0. The van der Waals surface area contributed by atoms with Crippen LogP contribution in [0.3, 0.4) is 0 Å². The molecule has 12 N–H and O–H groups in total. The minimum atomic E-state index is -2.32. The molecular formula is C45H72O19. The molecule has 9 aliphatic rings. The highest BCUT2D eigenvalue weighted by molar-refractivity contribution is 5.29. The molecular weight excluding hydrogens is 844 g/mol. The van der Waals surface area contributed by atoms with Crippen LogP contribution in [-0.4, -0.2) is 197 Å². The standard InChI is InChI=1S/C45H72O19/c1-19-7-12-43(58-18-19)20(2)44(57)29(63-43)14-25-23-6-5-21-13-22(8-10-41(21,3)24(23)9-11-42(25,44)4)45(64-40-37(56)34(53)31(50)27(16-47)60-40)38(35(54)32(51)28(17-48)62-45)61-39-36(55)33(52)30(49)26(15-46)59-39/h5,19-20,22-40,46-57H,6-18H2,1-4H3/t19-,20-,22?,23?,24?,25?,26-,27-,28-,29+,30-,31-,32+,33+,34+,35+,36-,37-,38-,39+,40+,41+,42+,43?,44?,45+/m1/s1. The fourth-order valence-corrected chi connectivity index (χ4v) is 14.5. The van der Waals surface area contributed by atoms with Gasteiger partial charge in [-0.05, 0) is 80.5 Å². The van der Waals surface area contributed by atoms with Crippen molar-refractivity contribution >= 4 is 0 Å². The number of hydrogen-bond donors (Lipinski definition) is 12. The Hall–Kier alpha value is -1.02. The van der Waals surface area contributed by atoms with Gasteiger partial charge in [0, 0.05) is 23.7 Å². The van der Waals surface area contributed by atoms with E-state index in [4.69, 9.17) is 33.2 Å². The van der Waals surface area contributed by atoms with E-state index in [2.05, 4.69) is 33.8 Å². The molecule has 5 aliphatic heterocycles. The molecule has 5 heterocycles. The van der Waals surface area contributed by atoms with Gasteiger partial charge in [0.2, 0.25) is 5.79 Å². The summed E-state index contributed by atoms with van der Waals surface area (Å²) in [6.07, 6.45) is -17.3. The first-order valence-electron chi connectivity index (χ1n) is 23.6. The first-order chi connectivity index (χ1) is 30.2. The van der Waals surface area contributed by atoms with E-state index in [-0.39, 0.29) is 41.6 Å². The maximum Gasteiger partial charge on any atom is 0.204 e. The van der Waals surface area contributed by atoms with E-state index in [1.165, 1.54) is 0 Å². The molecule has 5 saturated heterocycles. The summed E-state index contributed by atoms with van der Waals surface area (Å²) in [5.74, 6) is -3.14. The van der Waals surface area contributed by atoms with Gasteiger partial charge in [0.05, 0.1) is 32.5 Å². The summed E-state index contributed by atoms with van der Waals surface area (Å²) >= 11 is 0. The van der Waals surface area contributed by atoms with E-state index in [1.807, 2.05) is 0 Å². The fraction of sp³-hybridized carbons (Fsp3) is 0.956. The van der Waals surface area contributed by atoms with Crippen molar-refractivity contribution in [2.24, 2.45) is 46.3 Å². The van der Waals surface area contributed by atoms with Crippen molar-refractivity contribution in [3.63, 3.8) is 0 Å². The summed E-state index contributed by atoms with van der Waals surface area (Å²) in [6.45, 7) is 6.93. The van der Waals surface area contributed by atoms with Gasteiger partial charge in [-0.15, -0.1) is 0 Å². The third-order valence-electron chi connectivity index (χ3n) is 18.4. The summed E-state index contributed by atoms with van der Waals surface area (Å²) < 4.78 is 44.2. The van der Waals surface area contributed by atoms with Crippen LogP contribution in [0, 0.1) is 46.3 Å². The smallest absolute Gasteiger partial charge is 0.204 e. The molecule has 0 aromatic heterocycles. The van der Waals surface area contributed by atoms with E-state index in [0.717, 1.165) is 31.3 Å². The van der Waals surface area contributed by atoms with Crippen molar-refractivity contribution in [3.8, 4) is 0 Å². The van der Waals surface area contributed by atoms with Crippen LogP contribution in [0.5, 0.6) is 0 Å². The van der Waals surface area contributed by atoms with Crippen LogP contribution in [-0.2, 0) is 33.2 Å². The van der Waals surface area contributed by atoms with Gasteiger partial charge in [-0.25, -0.2) is 0 Å². The van der Waals surface area contributed by atoms with Gasteiger partial charge in [-0.2, -0.15) is 0 Å². The average Bonchev–Trinajstić information content (AvgIpc) is 3.64. The molecule has 1 spiro atoms. The second-order valence-electron chi connectivity index (χ2n) is 21.4. The lowest BCUT2D eigenvalue weighted by molar-refractivity contribution is -0.455. The maximum atomic E-state index is 12.9. The average molecular weight is 917 g/mol. The zero-order valence-corrected chi connectivity index (χ0v) is 37.1. The fourth-order valence-electron chi connectivity index (χ4n) is 14.5. The minimum absolute atomic E-state index is 0.164. The lowest BCUT2D eigenvalue weighted by Crippen LogP contribution is -2.73. The molecule has 366 valence electrons. The van der Waals surface area contributed by atoms with E-state index in [1.54, 1.807) is 0 Å². The molecule has 0 radical (unpaired) electrons. The van der Waals surface area contributed by atoms with Crippen LogP contribution in [0.1, 0.15) is 85.5 Å². The van der Waals surface area contributed by atoms with Gasteiger partial charge in [-0.1, -0.05) is 39.3 Å². The molecule has 9 rings (SSSR count). The normalized spacial score (nSPS) is 58.6. The molecule has 0 aromatic rings. The predicted molar refractivity (Wildman–Crippen MR) is 217 cm³/mol. The third kappa shape index (κ3) is 6.93. The minimum Gasteiger partial charge on any atom is -0.394 e. The monoisotopic (exact) mass is 916 g/mol. The Morgan fingerprint density at radius 2 is 1.31 bits per heavy atom. The first-order valence-corrected chi connectivity index (χ1v) is 23.6. The summed E-state index contributed by atoms with van der Waals surface area (Å²) in [6, 6.07) is 0. The van der Waals surface area contributed by atoms with Crippen LogP contribution >= 0.6 is 0 Å². The molecule has 0 bridgehead atoms. The van der Waals surface area contributed by atoms with Crippen molar-refractivity contribution in [2.45, 2.75) is 195 Å². The number of aliphatic hydroxyl groups excluding tert-OH is 11. The van der Waals surface area contributed by atoms with Gasteiger partial charge in [0.15, 0.2) is 18.4 Å². The Bertz CT molecular complexity index is 1710. The molecule has 3 saturated carbocycles. The van der Waals surface area contributed by atoms with Crippen LogP contribution in [0.2, 0.25) is 0 Å². The topological polar surface area (TPSA) is 307 Å². The van der Waals surface area contributed by atoms with Crippen LogP contribution in [0.15, 0.2) is 11.6 Å². The van der Waals surface area contributed by atoms with Crippen molar-refractivity contribution < 1.29 is 94.4 Å². The van der Waals surface area contributed by atoms with E-state index in [0.29, 0.717) is 38.2 Å². The zero-order valence-electron chi connectivity index (χ0n) is 37.1. The van der Waals surface area contributed by atoms with Crippen molar-refractivity contribution in [1.82, 2.24) is 0 Å². The number of rotatable bonds is 8. The quantitative estimate of drug-likeness (QED) is 0.116. The zero-order chi connectivity index (χ0) is 46.1.